The van der Waals surface area contributed by atoms with Crippen molar-refractivity contribution in [1.82, 2.24) is 0 Å². The van der Waals surface area contributed by atoms with Gasteiger partial charge in [0.25, 0.3) is 0 Å². The van der Waals surface area contributed by atoms with E-state index in [4.69, 9.17) is 10.5 Å². The number of benzene rings is 2. The van der Waals surface area contributed by atoms with E-state index in [0.29, 0.717) is 16.7 Å². The van der Waals surface area contributed by atoms with E-state index in [0.717, 1.165) is 10.8 Å². The summed E-state index contributed by atoms with van der Waals surface area (Å²) in [7, 11) is 0. The maximum Gasteiger partial charge on any atom is 0.0633 e. The lowest BCUT2D eigenvalue weighted by molar-refractivity contribution is -0.279. The molecule has 3 heteroatoms. The van der Waals surface area contributed by atoms with Crippen molar-refractivity contribution in [2.75, 3.05) is 5.73 Å². The van der Waals surface area contributed by atoms with E-state index in [9.17, 15) is 5.11 Å². The normalized spacial score (nSPS) is 12.7. The second-order valence-electron chi connectivity index (χ2n) is 4.71. The average molecular weight is 276 g/mol. The van der Waals surface area contributed by atoms with Gasteiger partial charge in [0.15, 0.2) is 0 Å². The van der Waals surface area contributed by atoms with Crippen LogP contribution in [0.4, 0.5) is 5.69 Å². The molecule has 2 aromatic carbocycles. The molecule has 2 N–H and O–H groups in total. The highest BCUT2D eigenvalue weighted by Gasteiger charge is 1.94. The van der Waals surface area contributed by atoms with Crippen LogP contribution in [-0.2, 0) is 0 Å². The van der Waals surface area contributed by atoms with E-state index >= 15 is 0 Å². The van der Waals surface area contributed by atoms with Gasteiger partial charge in [-0.25, -0.2) is 0 Å². The fourth-order valence-corrected chi connectivity index (χ4v) is 2.07. The predicted octanol–water partition coefficient (Wildman–Crippen LogP) is 1.05. The first-order valence-corrected chi connectivity index (χ1v) is 6.62. The highest BCUT2D eigenvalue weighted by atomic mass is 16.6. The quantitative estimate of drug-likeness (QED) is 0.834. The summed E-state index contributed by atoms with van der Waals surface area (Å²) in [6, 6.07) is 14.1. The van der Waals surface area contributed by atoms with Crippen LogP contribution >= 0.6 is 0 Å². The minimum absolute atomic E-state index is 0.381. The first kappa shape index (κ1) is 13.1. The van der Waals surface area contributed by atoms with E-state index in [1.54, 1.807) is 36.4 Å². The number of allylic oxidation sites excluding steroid dienone is 4. The van der Waals surface area contributed by atoms with Crippen LogP contribution in [0.2, 0.25) is 0 Å². The molecule has 0 atom stereocenters. The van der Waals surface area contributed by atoms with Crippen LogP contribution < -0.4 is 26.0 Å². The minimum atomic E-state index is -0.381. The van der Waals surface area contributed by atoms with Gasteiger partial charge in [-0.05, 0) is 40.3 Å². The van der Waals surface area contributed by atoms with Gasteiger partial charge in [0, 0.05) is 11.4 Å². The highest BCUT2D eigenvalue weighted by molar-refractivity contribution is 5.71. The molecule has 104 valence electrons. The van der Waals surface area contributed by atoms with Crippen molar-refractivity contribution >= 4 is 17.2 Å². The smallest absolute Gasteiger partial charge is 0.0633 e. The van der Waals surface area contributed by atoms with Gasteiger partial charge in [-0.1, -0.05) is 48.6 Å². The third-order valence-electron chi connectivity index (χ3n) is 3.21. The Hall–Kier alpha value is -2.94. The van der Waals surface area contributed by atoms with Gasteiger partial charge < -0.3 is 15.6 Å². The second-order valence-corrected chi connectivity index (χ2v) is 4.71. The van der Waals surface area contributed by atoms with Crippen molar-refractivity contribution in [3.63, 3.8) is 0 Å². The van der Waals surface area contributed by atoms with Crippen LogP contribution in [0.25, 0.3) is 11.5 Å². The van der Waals surface area contributed by atoms with Crippen LogP contribution in [0.3, 0.4) is 0 Å². The number of hydrogen-bond acceptors (Lipinski definition) is 3. The zero-order valence-electron chi connectivity index (χ0n) is 11.3. The number of hydrogen-bond donors (Lipinski definition) is 1. The first-order valence-electron chi connectivity index (χ1n) is 6.62. The molecule has 0 radical (unpaired) electrons. The Morgan fingerprint density at radius 2 is 1.48 bits per heavy atom. The Bertz CT molecular complexity index is 793. The largest absolute Gasteiger partial charge is 0.579 e. The van der Waals surface area contributed by atoms with Crippen LogP contribution in [0.15, 0.2) is 72.8 Å². The molecule has 0 amide bonds. The molecule has 21 heavy (non-hydrogen) atoms. The predicted molar refractivity (Wildman–Crippen MR) is 82.3 cm³/mol. The number of anilines is 1. The van der Waals surface area contributed by atoms with E-state index in [1.165, 1.54) is 0 Å². The van der Waals surface area contributed by atoms with Gasteiger partial charge in [-0.3, -0.25) is 0 Å². The third-order valence-corrected chi connectivity index (χ3v) is 3.21. The van der Waals surface area contributed by atoms with Gasteiger partial charge in [0.2, 0.25) is 0 Å². The van der Waals surface area contributed by atoms with E-state index in [-0.39, 0.29) is 5.95 Å². The second kappa shape index (κ2) is 5.59. The maximum atomic E-state index is 12.0. The first-order chi connectivity index (χ1) is 10.2. The third kappa shape index (κ3) is 2.98. The lowest BCUT2D eigenvalue weighted by Crippen LogP contribution is -2.22. The molecule has 1 aliphatic carbocycles. The Balaban J connectivity index is 1.91. The molecule has 0 bridgehead atoms. The minimum Gasteiger partial charge on any atom is -0.579 e. The summed E-state index contributed by atoms with van der Waals surface area (Å²) in [6.45, 7) is 0. The lowest BCUT2D eigenvalue weighted by atomic mass is 10.2. The summed E-state index contributed by atoms with van der Waals surface area (Å²) >= 11 is 0. The molecule has 0 aliphatic heterocycles. The monoisotopic (exact) mass is 276 g/mol. The van der Waals surface area contributed by atoms with Gasteiger partial charge >= 0.3 is 0 Å². The lowest BCUT2D eigenvalue weighted by Gasteiger charge is -2.15. The zero-order valence-corrected chi connectivity index (χ0v) is 11.3. The Morgan fingerprint density at radius 3 is 2.10 bits per heavy atom. The Morgan fingerprint density at radius 1 is 0.857 bits per heavy atom. The molecular formula is C18H14NO2-. The van der Waals surface area contributed by atoms with E-state index in [2.05, 4.69) is 0 Å². The molecule has 3 nitrogen and oxygen atoms in total. The Kier molecular flexibility index (Phi) is 3.48. The zero-order chi connectivity index (χ0) is 14.7. The molecule has 0 spiro atoms. The van der Waals surface area contributed by atoms with Crippen molar-refractivity contribution in [1.29, 1.82) is 0 Å². The topological polar surface area (TPSA) is 58.3 Å². The molecule has 0 fully saturated rings. The van der Waals surface area contributed by atoms with Crippen molar-refractivity contribution in [3.05, 3.63) is 83.3 Å². The molecule has 3 rings (SSSR count). The molecule has 0 unspecified atom stereocenters. The number of nitrogens with two attached hydrogens (primary N) is 1. The van der Waals surface area contributed by atoms with Crippen molar-refractivity contribution in [2.24, 2.45) is 0 Å². The van der Waals surface area contributed by atoms with Crippen molar-refractivity contribution in [3.8, 4) is 5.75 Å². The average Bonchev–Trinajstić information content (AvgIpc) is 3.04. The van der Waals surface area contributed by atoms with Crippen LogP contribution in [0, 0.1) is 0 Å². The van der Waals surface area contributed by atoms with Gasteiger partial charge in [0.1, 0.15) is 0 Å². The number of rotatable bonds is 2. The summed E-state index contributed by atoms with van der Waals surface area (Å²) < 4.78 is 5.29. The summed E-state index contributed by atoms with van der Waals surface area (Å²) in [4.78, 5) is 0. The molecule has 0 saturated heterocycles. The fourth-order valence-electron chi connectivity index (χ4n) is 2.07. The maximum absolute atomic E-state index is 12.0. The van der Waals surface area contributed by atoms with Crippen LogP contribution in [0.1, 0.15) is 0 Å². The summed E-state index contributed by atoms with van der Waals surface area (Å²) in [6.07, 6.45) is 8.03. The SMILES string of the molecule is Nc1ccc(OC([O-])=c2ccc(=C3C=CC=C3)cc2)cc1. The molecule has 0 heterocycles. The van der Waals surface area contributed by atoms with E-state index in [1.807, 2.05) is 36.4 Å². The molecular weight excluding hydrogens is 262 g/mol. The summed E-state index contributed by atoms with van der Waals surface area (Å²) in [5.74, 6) is 0.100. The Labute approximate surface area is 122 Å². The van der Waals surface area contributed by atoms with Gasteiger partial charge in [-0.15, -0.1) is 0 Å². The van der Waals surface area contributed by atoms with Crippen LogP contribution in [-0.4, -0.2) is 0 Å². The van der Waals surface area contributed by atoms with Crippen LogP contribution in [0.5, 0.6) is 5.75 Å². The highest BCUT2D eigenvalue weighted by Crippen LogP contribution is 2.14. The van der Waals surface area contributed by atoms with Crippen molar-refractivity contribution in [2.45, 2.75) is 0 Å². The number of nitrogen functional groups attached to an aromatic ring is 1. The number of ether oxygens (including phenoxy) is 1. The van der Waals surface area contributed by atoms with E-state index < -0.39 is 0 Å². The summed E-state index contributed by atoms with van der Waals surface area (Å²) in [5.41, 5.74) is 7.36. The standard InChI is InChI=1S/C18H15NO2/c19-16-9-11-17(12-10-16)21-18(20)15-7-5-14(6-8-15)13-3-1-2-4-13/h1-12,20H,19H2/p-1. The summed E-state index contributed by atoms with van der Waals surface area (Å²) in [5, 5.41) is 13.6. The van der Waals surface area contributed by atoms with Crippen molar-refractivity contribution < 1.29 is 9.84 Å². The van der Waals surface area contributed by atoms with Gasteiger partial charge in [0.05, 0.1) is 5.95 Å². The molecule has 0 aromatic heterocycles. The molecule has 2 aromatic rings. The van der Waals surface area contributed by atoms with Gasteiger partial charge in [-0.2, -0.15) is 0 Å². The molecule has 0 saturated carbocycles. The fraction of sp³-hybridized carbons (Fsp3) is 0. The molecule has 1 aliphatic rings.